The Bertz CT molecular complexity index is 1430. The smallest absolute Gasteiger partial charge is 0.416 e. The Morgan fingerprint density at radius 2 is 1.74 bits per heavy atom. The number of alkyl halides is 3. The Morgan fingerprint density at radius 1 is 1.02 bits per heavy atom. The molecule has 2 heterocycles. The summed E-state index contributed by atoms with van der Waals surface area (Å²) in [4.78, 5) is 25.3. The fourth-order valence-corrected chi connectivity index (χ4v) is 5.32. The van der Waals surface area contributed by atoms with Crippen molar-refractivity contribution in [1.82, 2.24) is 5.32 Å². The van der Waals surface area contributed by atoms with Crippen LogP contribution in [0.3, 0.4) is 0 Å². The maximum atomic E-state index is 12.8. The number of hydrogen-bond donors (Lipinski definition) is 4. The summed E-state index contributed by atoms with van der Waals surface area (Å²) < 4.78 is 55.8. The average Bonchev–Trinajstić information content (AvgIpc) is 3.33. The molecule has 12 heteroatoms. The lowest BCUT2D eigenvalue weighted by molar-refractivity contribution is -0.142. The van der Waals surface area contributed by atoms with Gasteiger partial charge in [0, 0.05) is 35.0 Å². The standard InChI is InChI=1S/C30H30F3N3O6/c1-40-24-5-3-2-4-17(24)15-34-27(38)14-21-13-23-22-12-20(10-11-25(22)42-28(23)26(16-37)41-21)36-29(39)35-19-8-6-18(7-9-19)30(31,32)33/h2-12,21,23,26,28,37H,13-16H2,1H3,(H,34,38)(H2,35,36,39)/t21-,23+,26-,28-/m1/s1. The summed E-state index contributed by atoms with van der Waals surface area (Å²) >= 11 is 0. The van der Waals surface area contributed by atoms with Gasteiger partial charge in [-0.1, -0.05) is 18.2 Å². The number of amides is 3. The topological polar surface area (TPSA) is 118 Å². The van der Waals surface area contributed by atoms with Gasteiger partial charge in [-0.25, -0.2) is 4.79 Å². The van der Waals surface area contributed by atoms with Crippen molar-refractivity contribution in [1.29, 1.82) is 0 Å². The summed E-state index contributed by atoms with van der Waals surface area (Å²) in [6, 6.07) is 16.0. The number of halogens is 3. The van der Waals surface area contributed by atoms with Crippen LogP contribution in [0.1, 0.15) is 35.4 Å². The number of rotatable bonds is 8. The molecule has 42 heavy (non-hydrogen) atoms. The molecule has 1 saturated heterocycles. The van der Waals surface area contributed by atoms with Gasteiger partial charge in [-0.3, -0.25) is 4.79 Å². The van der Waals surface area contributed by atoms with Gasteiger partial charge in [0.15, 0.2) is 0 Å². The molecule has 0 saturated carbocycles. The molecule has 0 radical (unpaired) electrons. The quantitative estimate of drug-likeness (QED) is 0.294. The van der Waals surface area contributed by atoms with Crippen molar-refractivity contribution in [2.45, 2.75) is 49.8 Å². The molecule has 0 aromatic heterocycles. The molecule has 0 aliphatic carbocycles. The zero-order chi connectivity index (χ0) is 29.9. The minimum absolute atomic E-state index is 0.0810. The number of fused-ring (bicyclic) bond motifs is 3. The number of carbonyl (C=O) groups is 2. The minimum Gasteiger partial charge on any atom is -0.496 e. The summed E-state index contributed by atoms with van der Waals surface area (Å²) in [6.07, 6.45) is -5.52. The number of aliphatic hydroxyl groups excluding tert-OH is 1. The number of para-hydroxylation sites is 1. The van der Waals surface area contributed by atoms with Crippen molar-refractivity contribution < 1.29 is 42.1 Å². The molecule has 9 nitrogen and oxygen atoms in total. The second kappa shape index (κ2) is 12.3. The molecule has 3 aromatic carbocycles. The van der Waals surface area contributed by atoms with E-state index in [9.17, 15) is 27.9 Å². The van der Waals surface area contributed by atoms with Crippen molar-refractivity contribution in [2.75, 3.05) is 24.4 Å². The summed E-state index contributed by atoms with van der Waals surface area (Å²) in [5.74, 6) is 0.849. The lowest BCUT2D eigenvalue weighted by atomic mass is 9.84. The van der Waals surface area contributed by atoms with Crippen molar-refractivity contribution in [3.63, 3.8) is 0 Å². The predicted octanol–water partition coefficient (Wildman–Crippen LogP) is 5.06. The molecule has 0 spiro atoms. The lowest BCUT2D eigenvalue weighted by Crippen LogP contribution is -2.47. The highest BCUT2D eigenvalue weighted by molar-refractivity contribution is 5.99. The molecule has 2 aliphatic heterocycles. The van der Waals surface area contributed by atoms with E-state index in [2.05, 4.69) is 16.0 Å². The summed E-state index contributed by atoms with van der Waals surface area (Å²) in [7, 11) is 1.57. The molecular formula is C30H30F3N3O6. The molecule has 3 amide bonds. The molecule has 0 unspecified atom stereocenters. The van der Waals surface area contributed by atoms with Gasteiger partial charge >= 0.3 is 12.2 Å². The number of urea groups is 1. The molecule has 1 fully saturated rings. The number of anilines is 2. The van der Waals surface area contributed by atoms with E-state index in [0.717, 1.165) is 23.3 Å². The predicted molar refractivity (Wildman–Crippen MR) is 148 cm³/mol. The average molecular weight is 586 g/mol. The van der Waals surface area contributed by atoms with Crippen molar-refractivity contribution in [3.8, 4) is 11.5 Å². The monoisotopic (exact) mass is 585 g/mol. The first-order chi connectivity index (χ1) is 20.1. The third-order valence-corrected chi connectivity index (χ3v) is 7.31. The molecule has 5 rings (SSSR count). The Labute approximate surface area is 240 Å². The van der Waals surface area contributed by atoms with Gasteiger partial charge in [0.05, 0.1) is 31.8 Å². The van der Waals surface area contributed by atoms with Gasteiger partial charge < -0.3 is 35.3 Å². The molecule has 2 aliphatic rings. The third kappa shape index (κ3) is 6.60. The third-order valence-electron chi connectivity index (χ3n) is 7.31. The SMILES string of the molecule is COc1ccccc1CNC(=O)C[C@H]1C[C@H]2c3cc(NC(=O)Nc4ccc(C(F)(F)F)cc4)ccc3O[C@H]2[C@@H](CO)O1. The fourth-order valence-electron chi connectivity index (χ4n) is 5.32. The van der Waals surface area contributed by atoms with E-state index in [4.69, 9.17) is 14.2 Å². The van der Waals surface area contributed by atoms with Crippen molar-refractivity contribution >= 4 is 23.3 Å². The number of nitrogens with one attached hydrogen (secondary N) is 3. The van der Waals surface area contributed by atoms with Crippen LogP contribution in [0.2, 0.25) is 0 Å². The Balaban J connectivity index is 1.22. The van der Waals surface area contributed by atoms with Crippen molar-refractivity contribution in [3.05, 3.63) is 83.4 Å². The van der Waals surface area contributed by atoms with Gasteiger partial charge in [0.2, 0.25) is 5.91 Å². The molecule has 0 bridgehead atoms. The summed E-state index contributed by atoms with van der Waals surface area (Å²) in [6.45, 7) is -0.00428. The lowest BCUT2D eigenvalue weighted by Gasteiger charge is -2.37. The van der Waals surface area contributed by atoms with Crippen LogP contribution in [-0.2, 0) is 22.3 Å². The number of methoxy groups -OCH3 is 1. The zero-order valence-electron chi connectivity index (χ0n) is 22.6. The summed E-state index contributed by atoms with van der Waals surface area (Å²) in [5, 5.41) is 18.1. The van der Waals surface area contributed by atoms with E-state index >= 15 is 0 Å². The van der Waals surface area contributed by atoms with Crippen molar-refractivity contribution in [2.24, 2.45) is 0 Å². The second-order valence-electron chi connectivity index (χ2n) is 10.1. The van der Waals surface area contributed by atoms with E-state index in [1.165, 1.54) is 12.1 Å². The zero-order valence-corrected chi connectivity index (χ0v) is 22.6. The highest BCUT2D eigenvalue weighted by Gasteiger charge is 2.46. The van der Waals surface area contributed by atoms with Gasteiger partial charge in [0.25, 0.3) is 0 Å². The molecule has 4 atom stereocenters. The van der Waals surface area contributed by atoms with Gasteiger partial charge in [0.1, 0.15) is 23.7 Å². The Morgan fingerprint density at radius 3 is 2.45 bits per heavy atom. The van der Waals surface area contributed by atoms with Gasteiger partial charge in [-0.15, -0.1) is 0 Å². The maximum Gasteiger partial charge on any atom is 0.416 e. The van der Waals surface area contributed by atoms with E-state index in [0.29, 0.717) is 30.2 Å². The van der Waals surface area contributed by atoms with Crippen LogP contribution in [0, 0.1) is 0 Å². The minimum atomic E-state index is -4.47. The van der Waals surface area contributed by atoms with Gasteiger partial charge in [-0.05, 0) is 55.0 Å². The van der Waals surface area contributed by atoms with Crippen LogP contribution in [0.15, 0.2) is 66.7 Å². The normalized spacial score (nSPS) is 21.0. The maximum absolute atomic E-state index is 12.8. The van der Waals surface area contributed by atoms with Crippen LogP contribution in [0.5, 0.6) is 11.5 Å². The Kier molecular flexibility index (Phi) is 8.55. The number of benzene rings is 3. The summed E-state index contributed by atoms with van der Waals surface area (Å²) in [5.41, 5.74) is 1.47. The first-order valence-corrected chi connectivity index (χ1v) is 13.4. The Hall–Kier alpha value is -4.29. The van der Waals surface area contributed by atoms with Crippen LogP contribution in [0.4, 0.5) is 29.3 Å². The molecule has 3 aromatic rings. The van der Waals surface area contributed by atoms with Crippen LogP contribution >= 0.6 is 0 Å². The van der Waals surface area contributed by atoms with Crippen LogP contribution in [-0.4, -0.2) is 49.1 Å². The fraction of sp³-hybridized carbons (Fsp3) is 0.333. The molecule has 4 N–H and O–H groups in total. The van der Waals surface area contributed by atoms with E-state index in [-0.39, 0.29) is 30.5 Å². The van der Waals surface area contributed by atoms with E-state index in [1.807, 2.05) is 24.3 Å². The number of ether oxygens (including phenoxy) is 3. The first-order valence-electron chi connectivity index (χ1n) is 13.4. The number of hydrogen-bond acceptors (Lipinski definition) is 6. The number of carbonyl (C=O) groups excluding carboxylic acids is 2. The first kappa shape index (κ1) is 29.2. The highest BCUT2D eigenvalue weighted by Crippen LogP contribution is 2.47. The molecule has 222 valence electrons. The number of aliphatic hydroxyl groups is 1. The van der Waals surface area contributed by atoms with E-state index in [1.54, 1.807) is 25.3 Å². The van der Waals surface area contributed by atoms with Crippen LogP contribution < -0.4 is 25.4 Å². The van der Waals surface area contributed by atoms with E-state index < -0.39 is 36.1 Å². The second-order valence-corrected chi connectivity index (χ2v) is 10.1. The van der Waals surface area contributed by atoms with Gasteiger partial charge in [-0.2, -0.15) is 13.2 Å². The van der Waals surface area contributed by atoms with Crippen LogP contribution in [0.25, 0.3) is 0 Å². The highest BCUT2D eigenvalue weighted by atomic mass is 19.4. The molecular weight excluding hydrogens is 555 g/mol. The largest absolute Gasteiger partial charge is 0.496 e.